The maximum atomic E-state index is 12.1. The molecule has 2 aromatic rings. The van der Waals surface area contributed by atoms with Crippen LogP contribution in [0.1, 0.15) is 22.1 Å². The van der Waals surface area contributed by atoms with Gasteiger partial charge in [0.15, 0.2) is 0 Å². The Kier molecular flexibility index (Phi) is 3.93. The van der Waals surface area contributed by atoms with Crippen LogP contribution in [0.2, 0.25) is 0 Å². The summed E-state index contributed by atoms with van der Waals surface area (Å²) in [6.07, 6.45) is -0.814. The van der Waals surface area contributed by atoms with Crippen LogP contribution in [0.15, 0.2) is 35.7 Å². The highest BCUT2D eigenvalue weighted by Crippen LogP contribution is 2.31. The fourth-order valence-corrected chi connectivity index (χ4v) is 2.61. The Labute approximate surface area is 107 Å². The zero-order valence-corrected chi connectivity index (χ0v) is 10.5. The number of hydrogen-bond acceptors (Lipinski definition) is 3. The van der Waals surface area contributed by atoms with Gasteiger partial charge in [-0.1, -0.05) is 12.1 Å². The van der Waals surface area contributed by atoms with E-state index in [2.05, 4.69) is 4.74 Å². The van der Waals surface area contributed by atoms with Crippen molar-refractivity contribution in [2.45, 2.75) is 19.6 Å². The third-order valence-corrected chi connectivity index (χ3v) is 3.62. The molecule has 0 amide bonds. The van der Waals surface area contributed by atoms with E-state index < -0.39 is 12.7 Å². The van der Waals surface area contributed by atoms with Gasteiger partial charge in [0.2, 0.25) is 0 Å². The van der Waals surface area contributed by atoms with Crippen LogP contribution in [0.5, 0.6) is 5.75 Å². The van der Waals surface area contributed by atoms with Crippen LogP contribution in [-0.4, -0.2) is 11.7 Å². The Bertz CT molecular complexity index is 525. The molecule has 96 valence electrons. The molecule has 5 heteroatoms. The number of hydrogen-bond donors (Lipinski definition) is 1. The van der Waals surface area contributed by atoms with Crippen molar-refractivity contribution in [2.75, 3.05) is 0 Å². The van der Waals surface area contributed by atoms with Crippen molar-refractivity contribution in [3.63, 3.8) is 0 Å². The number of aliphatic hydroxyl groups excluding tert-OH is 1. The lowest BCUT2D eigenvalue weighted by molar-refractivity contribution is -0.0499. The lowest BCUT2D eigenvalue weighted by Gasteiger charge is -2.12. The second kappa shape index (κ2) is 5.46. The van der Waals surface area contributed by atoms with Crippen LogP contribution in [0.25, 0.3) is 0 Å². The van der Waals surface area contributed by atoms with Gasteiger partial charge in [-0.3, -0.25) is 0 Å². The molecule has 0 saturated heterocycles. The van der Waals surface area contributed by atoms with Crippen molar-refractivity contribution in [3.05, 3.63) is 51.7 Å². The summed E-state index contributed by atoms with van der Waals surface area (Å²) in [6.45, 7) is -0.963. The van der Waals surface area contributed by atoms with Crippen LogP contribution >= 0.6 is 11.3 Å². The lowest BCUT2D eigenvalue weighted by atomic mass is 10.1. The minimum Gasteiger partial charge on any atom is -0.435 e. The van der Waals surface area contributed by atoms with Gasteiger partial charge in [-0.15, -0.1) is 11.3 Å². The van der Waals surface area contributed by atoms with Gasteiger partial charge in [0.05, 0.1) is 0 Å². The van der Waals surface area contributed by atoms with E-state index in [0.29, 0.717) is 5.56 Å². The Balaban J connectivity index is 2.25. The average molecular weight is 270 g/mol. The summed E-state index contributed by atoms with van der Waals surface area (Å²) < 4.78 is 28.5. The summed E-state index contributed by atoms with van der Waals surface area (Å²) in [5.41, 5.74) is 1.52. The van der Waals surface area contributed by atoms with Gasteiger partial charge in [-0.05, 0) is 41.6 Å². The first-order valence-electron chi connectivity index (χ1n) is 5.35. The summed E-state index contributed by atoms with van der Waals surface area (Å²) in [5.74, 6) is 0.0516. The number of rotatable bonds is 4. The van der Waals surface area contributed by atoms with E-state index in [4.69, 9.17) is 0 Å². The smallest absolute Gasteiger partial charge is 0.387 e. The van der Waals surface area contributed by atoms with Gasteiger partial charge in [0, 0.05) is 4.88 Å². The molecule has 2 rings (SSSR count). The molecule has 1 aromatic heterocycles. The van der Waals surface area contributed by atoms with Crippen LogP contribution < -0.4 is 4.74 Å². The van der Waals surface area contributed by atoms with Gasteiger partial charge >= 0.3 is 6.61 Å². The second-order valence-electron chi connectivity index (χ2n) is 3.82. The summed E-state index contributed by atoms with van der Waals surface area (Å²) >= 11 is 1.43. The first-order chi connectivity index (χ1) is 8.58. The predicted octanol–water partition coefficient (Wildman–Crippen LogP) is 3.74. The first kappa shape index (κ1) is 13.0. The minimum atomic E-state index is -2.86. The van der Waals surface area contributed by atoms with E-state index in [9.17, 15) is 13.9 Å². The molecule has 0 bridgehead atoms. The molecule has 0 aliphatic rings. The number of aliphatic hydroxyl groups is 1. The van der Waals surface area contributed by atoms with E-state index in [0.717, 1.165) is 10.4 Å². The largest absolute Gasteiger partial charge is 0.435 e. The van der Waals surface area contributed by atoms with Gasteiger partial charge in [-0.2, -0.15) is 8.78 Å². The zero-order chi connectivity index (χ0) is 13.1. The van der Waals surface area contributed by atoms with E-state index in [1.165, 1.54) is 23.5 Å². The highest BCUT2D eigenvalue weighted by molar-refractivity contribution is 7.10. The van der Waals surface area contributed by atoms with Gasteiger partial charge in [-0.25, -0.2) is 0 Å². The highest BCUT2D eigenvalue weighted by Gasteiger charge is 2.15. The summed E-state index contributed by atoms with van der Waals surface area (Å²) in [7, 11) is 0. The number of ether oxygens (including phenoxy) is 1. The number of halogens is 2. The molecule has 0 aliphatic carbocycles. The number of aryl methyl sites for hydroxylation is 1. The van der Waals surface area contributed by atoms with Gasteiger partial charge < -0.3 is 9.84 Å². The Morgan fingerprint density at radius 1 is 1.28 bits per heavy atom. The fraction of sp³-hybridized carbons (Fsp3) is 0.231. The quantitative estimate of drug-likeness (QED) is 0.917. The molecule has 0 saturated carbocycles. The van der Waals surface area contributed by atoms with Crippen molar-refractivity contribution in [2.24, 2.45) is 0 Å². The van der Waals surface area contributed by atoms with Crippen molar-refractivity contribution >= 4 is 11.3 Å². The topological polar surface area (TPSA) is 29.5 Å². The molecule has 1 aromatic carbocycles. The normalized spacial score (nSPS) is 12.7. The van der Waals surface area contributed by atoms with Crippen LogP contribution in [0.4, 0.5) is 8.78 Å². The summed E-state index contributed by atoms with van der Waals surface area (Å²) in [5, 5.41) is 12.1. The monoisotopic (exact) mass is 270 g/mol. The molecule has 1 unspecified atom stereocenters. The van der Waals surface area contributed by atoms with Gasteiger partial charge in [0.1, 0.15) is 11.9 Å². The van der Waals surface area contributed by atoms with Crippen molar-refractivity contribution in [1.82, 2.24) is 0 Å². The molecule has 0 radical (unpaired) electrons. The second-order valence-corrected chi connectivity index (χ2v) is 4.77. The first-order valence-corrected chi connectivity index (χ1v) is 6.22. The molecule has 1 atom stereocenters. The number of alkyl halides is 2. The maximum absolute atomic E-state index is 12.1. The summed E-state index contributed by atoms with van der Waals surface area (Å²) in [4.78, 5) is 0.809. The highest BCUT2D eigenvalue weighted by atomic mass is 32.1. The predicted molar refractivity (Wildman–Crippen MR) is 66.2 cm³/mol. The van der Waals surface area contributed by atoms with Crippen LogP contribution in [0.3, 0.4) is 0 Å². The van der Waals surface area contributed by atoms with E-state index in [-0.39, 0.29) is 5.75 Å². The Morgan fingerprint density at radius 3 is 2.67 bits per heavy atom. The lowest BCUT2D eigenvalue weighted by Crippen LogP contribution is -2.04. The van der Waals surface area contributed by atoms with Crippen molar-refractivity contribution in [1.29, 1.82) is 0 Å². The molecule has 1 heterocycles. The molecule has 0 fully saturated rings. The Hall–Kier alpha value is -1.46. The summed E-state index contributed by atoms with van der Waals surface area (Å²) in [6, 6.07) is 8.03. The van der Waals surface area contributed by atoms with E-state index in [1.807, 2.05) is 18.4 Å². The van der Waals surface area contributed by atoms with Gasteiger partial charge in [0.25, 0.3) is 0 Å². The minimum absolute atomic E-state index is 0.0516. The third kappa shape index (κ3) is 2.86. The SMILES string of the molecule is Cc1ccsc1C(O)c1cccc(OC(F)F)c1. The molecular weight excluding hydrogens is 258 g/mol. The number of benzene rings is 1. The standard InChI is InChI=1S/C13H12F2O2S/c1-8-5-6-18-12(8)11(16)9-3-2-4-10(7-9)17-13(14)15/h2-7,11,13,16H,1H3. The van der Waals surface area contributed by atoms with Crippen molar-refractivity contribution in [3.8, 4) is 5.75 Å². The fourth-order valence-electron chi connectivity index (χ4n) is 1.68. The number of thiophene rings is 1. The molecular formula is C13H12F2O2S. The van der Waals surface area contributed by atoms with Crippen molar-refractivity contribution < 1.29 is 18.6 Å². The van der Waals surface area contributed by atoms with E-state index >= 15 is 0 Å². The molecule has 2 nitrogen and oxygen atoms in total. The van der Waals surface area contributed by atoms with Crippen LogP contribution in [-0.2, 0) is 0 Å². The molecule has 0 spiro atoms. The molecule has 0 aliphatic heterocycles. The Morgan fingerprint density at radius 2 is 2.06 bits per heavy atom. The maximum Gasteiger partial charge on any atom is 0.387 e. The molecule has 18 heavy (non-hydrogen) atoms. The third-order valence-electron chi connectivity index (χ3n) is 2.55. The zero-order valence-electron chi connectivity index (χ0n) is 9.64. The average Bonchev–Trinajstić information content (AvgIpc) is 2.74. The van der Waals surface area contributed by atoms with Crippen LogP contribution in [0, 0.1) is 6.92 Å². The molecule has 1 N–H and O–H groups in total. The van der Waals surface area contributed by atoms with E-state index in [1.54, 1.807) is 12.1 Å².